The van der Waals surface area contributed by atoms with E-state index in [0.717, 1.165) is 21.8 Å². The molecule has 1 aliphatic heterocycles. The lowest BCUT2D eigenvalue weighted by Gasteiger charge is -2.41. The molecule has 36 heavy (non-hydrogen) atoms. The number of ether oxygens (including phenoxy) is 1. The Kier molecular flexibility index (Phi) is 8.48. The van der Waals surface area contributed by atoms with Gasteiger partial charge in [0.25, 0.3) is 11.5 Å². The summed E-state index contributed by atoms with van der Waals surface area (Å²) in [5.41, 5.74) is 2.56. The summed E-state index contributed by atoms with van der Waals surface area (Å²) in [5.74, 6) is -0.276. The molecule has 0 bridgehead atoms. The lowest BCUT2D eigenvalue weighted by molar-refractivity contribution is 0.0111. The van der Waals surface area contributed by atoms with Crippen LogP contribution in [0.3, 0.4) is 0 Å². The van der Waals surface area contributed by atoms with Crippen LogP contribution in [-0.4, -0.2) is 59.3 Å². The summed E-state index contributed by atoms with van der Waals surface area (Å²) in [6.07, 6.45) is -1.29. The van der Waals surface area contributed by atoms with Crippen LogP contribution < -0.4 is 15.8 Å². The van der Waals surface area contributed by atoms with Gasteiger partial charge in [0.2, 0.25) is 0 Å². The van der Waals surface area contributed by atoms with Crippen molar-refractivity contribution in [1.29, 1.82) is 0 Å². The number of hydrogen-bond donors (Lipinski definition) is 2. The average Bonchev–Trinajstić information content (AvgIpc) is 3.14. The number of nitrogens with zero attached hydrogens (tertiary/aromatic N) is 2. The number of aromatic nitrogens is 1. The molecule has 1 saturated heterocycles. The number of piperidine rings is 1. The number of aryl methyl sites for hydroxylation is 2. The Hall–Kier alpha value is -2.88. The molecule has 1 fully saturated rings. The molecule has 198 valence electrons. The number of carbonyl (C=O) groups excluding carboxylic acids is 2. The molecule has 2 aromatic heterocycles. The fourth-order valence-corrected chi connectivity index (χ4v) is 5.74. The lowest BCUT2D eigenvalue weighted by Crippen LogP contribution is -2.54. The number of carbonyl (C=O) groups is 2. The van der Waals surface area contributed by atoms with Crippen LogP contribution >= 0.6 is 11.3 Å². The third kappa shape index (κ3) is 6.27. The molecule has 3 heterocycles. The summed E-state index contributed by atoms with van der Waals surface area (Å²) in [5, 5.41) is 5.46. The summed E-state index contributed by atoms with van der Waals surface area (Å²) in [4.78, 5) is 43.8. The van der Waals surface area contributed by atoms with Gasteiger partial charge >= 0.3 is 6.09 Å². The van der Waals surface area contributed by atoms with Gasteiger partial charge in [-0.2, -0.15) is 0 Å². The topological polar surface area (TPSA) is 94.7 Å². The molecular formula is C26H37FN4O4S. The van der Waals surface area contributed by atoms with Gasteiger partial charge < -0.3 is 24.8 Å². The van der Waals surface area contributed by atoms with E-state index in [0.29, 0.717) is 30.6 Å². The first-order valence-electron chi connectivity index (χ1n) is 12.3. The zero-order chi connectivity index (χ0) is 26.8. The Morgan fingerprint density at radius 2 is 2.00 bits per heavy atom. The Balaban J connectivity index is 1.70. The number of H-pyrrole nitrogens is 1. The summed E-state index contributed by atoms with van der Waals surface area (Å²) in [7, 11) is 0. The van der Waals surface area contributed by atoms with E-state index < -0.39 is 23.9 Å². The maximum Gasteiger partial charge on any atom is 0.410 e. The number of nitrogens with one attached hydrogen (secondary N) is 2. The highest BCUT2D eigenvalue weighted by molar-refractivity contribution is 7.14. The minimum absolute atomic E-state index is 0.0295. The quantitative estimate of drug-likeness (QED) is 0.586. The lowest BCUT2D eigenvalue weighted by atomic mass is 10.0. The van der Waals surface area contributed by atoms with Crippen LogP contribution in [-0.2, 0) is 11.3 Å². The van der Waals surface area contributed by atoms with Gasteiger partial charge in [-0.15, -0.1) is 11.3 Å². The van der Waals surface area contributed by atoms with E-state index in [4.69, 9.17) is 4.74 Å². The number of thiophene rings is 1. The SMILES string of the molecule is CCN(c1scc(C(=O)NCc2c(C)cc(C)[nH]c2=O)c1C)C1CCN(C(=O)OC(C)(C)C)CC1F. The molecule has 8 nitrogen and oxygen atoms in total. The predicted molar refractivity (Wildman–Crippen MR) is 141 cm³/mol. The molecule has 2 unspecified atom stereocenters. The first kappa shape index (κ1) is 27.7. The zero-order valence-electron chi connectivity index (χ0n) is 22.2. The third-order valence-corrected chi connectivity index (χ3v) is 7.46. The molecule has 0 spiro atoms. The fourth-order valence-electron chi connectivity index (χ4n) is 4.54. The maximum absolute atomic E-state index is 15.3. The van der Waals surface area contributed by atoms with E-state index >= 15 is 4.39 Å². The predicted octanol–water partition coefficient (Wildman–Crippen LogP) is 4.47. The number of pyridine rings is 1. The second-order valence-corrected chi connectivity index (χ2v) is 11.1. The Morgan fingerprint density at radius 3 is 2.58 bits per heavy atom. The number of alkyl halides is 1. The number of likely N-dealkylation sites (tertiary alicyclic amines) is 1. The smallest absolute Gasteiger partial charge is 0.410 e. The third-order valence-electron chi connectivity index (χ3n) is 6.34. The van der Waals surface area contributed by atoms with Gasteiger partial charge in [-0.25, -0.2) is 9.18 Å². The van der Waals surface area contributed by atoms with Crippen LogP contribution in [0.5, 0.6) is 0 Å². The summed E-state index contributed by atoms with van der Waals surface area (Å²) in [6.45, 7) is 13.9. The van der Waals surface area contributed by atoms with Crippen LogP contribution in [0.15, 0.2) is 16.2 Å². The van der Waals surface area contributed by atoms with Crippen molar-refractivity contribution in [2.24, 2.45) is 0 Å². The van der Waals surface area contributed by atoms with Gasteiger partial charge in [0.15, 0.2) is 0 Å². The Labute approximate surface area is 215 Å². The van der Waals surface area contributed by atoms with Crippen LogP contribution in [0.2, 0.25) is 0 Å². The largest absolute Gasteiger partial charge is 0.444 e. The van der Waals surface area contributed by atoms with Crippen molar-refractivity contribution in [2.45, 2.75) is 79.2 Å². The Bertz CT molecular complexity index is 1170. The molecule has 1 aliphatic rings. The van der Waals surface area contributed by atoms with Crippen molar-refractivity contribution < 1.29 is 18.7 Å². The van der Waals surface area contributed by atoms with E-state index in [1.807, 2.05) is 38.7 Å². The number of halogens is 1. The van der Waals surface area contributed by atoms with E-state index in [9.17, 15) is 14.4 Å². The number of aromatic amines is 1. The first-order chi connectivity index (χ1) is 16.8. The maximum atomic E-state index is 15.3. The van der Waals surface area contributed by atoms with Crippen LogP contribution in [0.4, 0.5) is 14.2 Å². The summed E-state index contributed by atoms with van der Waals surface area (Å²) >= 11 is 1.40. The minimum atomic E-state index is -1.25. The molecule has 2 aromatic rings. The normalized spacial score (nSPS) is 18.2. The van der Waals surface area contributed by atoms with E-state index in [1.54, 1.807) is 26.2 Å². The van der Waals surface area contributed by atoms with Crippen molar-refractivity contribution in [3.63, 3.8) is 0 Å². The molecule has 2 atom stereocenters. The van der Waals surface area contributed by atoms with Crippen LogP contribution in [0.1, 0.15) is 66.9 Å². The van der Waals surface area contributed by atoms with Gasteiger partial charge in [0.1, 0.15) is 11.8 Å². The average molecular weight is 521 g/mol. The van der Waals surface area contributed by atoms with Crippen LogP contribution in [0.25, 0.3) is 0 Å². The van der Waals surface area contributed by atoms with Gasteiger partial charge in [0.05, 0.1) is 23.2 Å². The molecule has 0 aliphatic carbocycles. The number of anilines is 1. The van der Waals surface area contributed by atoms with Crippen molar-refractivity contribution in [3.8, 4) is 0 Å². The van der Waals surface area contributed by atoms with Gasteiger partial charge in [0, 0.05) is 36.3 Å². The molecule has 10 heteroatoms. The molecule has 0 radical (unpaired) electrons. The molecule has 2 amide bonds. The standard InChI is InChI=1S/C26H37FN4O4S/c1-8-31(21-9-10-30(13-20(21)27)25(34)35-26(5,6)7)24-17(4)19(14-36-24)22(32)28-12-18-15(2)11-16(3)29-23(18)33/h11,14,20-21H,8-10,12-13H2,1-7H3,(H,28,32)(H,29,33). The highest BCUT2D eigenvalue weighted by Gasteiger charge is 2.37. The first-order valence-corrected chi connectivity index (χ1v) is 13.1. The Morgan fingerprint density at radius 1 is 1.31 bits per heavy atom. The minimum Gasteiger partial charge on any atom is -0.444 e. The number of amides is 2. The highest BCUT2D eigenvalue weighted by Crippen LogP contribution is 2.35. The van der Waals surface area contributed by atoms with Crippen molar-refractivity contribution in [2.75, 3.05) is 24.5 Å². The fraction of sp³-hybridized carbons (Fsp3) is 0.577. The molecule has 0 aromatic carbocycles. The monoisotopic (exact) mass is 520 g/mol. The van der Waals surface area contributed by atoms with E-state index in [1.165, 1.54) is 16.2 Å². The van der Waals surface area contributed by atoms with Gasteiger partial charge in [-0.1, -0.05) is 0 Å². The molecule has 2 N–H and O–H groups in total. The number of hydrogen-bond acceptors (Lipinski definition) is 6. The second kappa shape index (κ2) is 11.0. The zero-order valence-corrected chi connectivity index (χ0v) is 23.0. The van der Waals surface area contributed by atoms with Gasteiger partial charge in [-0.05, 0) is 72.1 Å². The van der Waals surface area contributed by atoms with Crippen molar-refractivity contribution >= 4 is 28.3 Å². The molecule has 0 saturated carbocycles. The molecule has 3 rings (SSSR count). The van der Waals surface area contributed by atoms with E-state index in [-0.39, 0.29) is 24.6 Å². The van der Waals surface area contributed by atoms with Crippen molar-refractivity contribution in [3.05, 3.63) is 49.7 Å². The molecular weight excluding hydrogens is 483 g/mol. The summed E-state index contributed by atoms with van der Waals surface area (Å²) in [6, 6.07) is 1.47. The van der Waals surface area contributed by atoms with Crippen LogP contribution in [0, 0.1) is 20.8 Å². The van der Waals surface area contributed by atoms with Crippen molar-refractivity contribution in [1.82, 2.24) is 15.2 Å². The second-order valence-electron chi connectivity index (χ2n) is 10.3. The van der Waals surface area contributed by atoms with Gasteiger partial charge in [-0.3, -0.25) is 9.59 Å². The highest BCUT2D eigenvalue weighted by atomic mass is 32.1. The summed E-state index contributed by atoms with van der Waals surface area (Å²) < 4.78 is 20.7. The van der Waals surface area contributed by atoms with E-state index in [2.05, 4.69) is 10.3 Å². The number of rotatable bonds is 6.